The Kier molecular flexibility index (Phi) is 11.8. The zero-order valence-corrected chi connectivity index (χ0v) is 40.9. The van der Waals surface area contributed by atoms with Gasteiger partial charge in [-0.05, 0) is 86.6 Å². The van der Waals surface area contributed by atoms with Gasteiger partial charge in [-0.3, -0.25) is 0 Å². The largest absolute Gasteiger partial charge is 0.509 e. The molecule has 2 aromatic heterocycles. The quantitative estimate of drug-likeness (QED) is 0.135. The van der Waals surface area contributed by atoms with Gasteiger partial charge in [0.1, 0.15) is 5.82 Å². The maximum Gasteiger partial charge on any atom is 0.135 e. The molecular weight excluding hydrogens is 964 g/mol. The molecule has 328 valence electrons. The van der Waals surface area contributed by atoms with E-state index in [1.54, 1.807) is 0 Å². The van der Waals surface area contributed by atoms with Gasteiger partial charge < -0.3 is 19.1 Å². The summed E-state index contributed by atoms with van der Waals surface area (Å²) in [6.45, 7) is 24.7. The van der Waals surface area contributed by atoms with Gasteiger partial charge in [-0.15, -0.1) is 47.7 Å². The van der Waals surface area contributed by atoms with Gasteiger partial charge >= 0.3 is 0 Å². The van der Waals surface area contributed by atoms with E-state index in [1.165, 1.54) is 27.8 Å². The van der Waals surface area contributed by atoms with Gasteiger partial charge in [-0.2, -0.15) is 6.07 Å². The molecule has 0 saturated heterocycles. The van der Waals surface area contributed by atoms with Crippen molar-refractivity contribution in [3.8, 4) is 17.3 Å². The maximum absolute atomic E-state index is 7.23. The van der Waals surface area contributed by atoms with Crippen molar-refractivity contribution in [3.05, 3.63) is 210 Å². The van der Waals surface area contributed by atoms with Crippen molar-refractivity contribution in [1.82, 2.24) is 9.55 Å². The summed E-state index contributed by atoms with van der Waals surface area (Å²) in [5.41, 5.74) is 10.2. The van der Waals surface area contributed by atoms with Crippen LogP contribution in [0.15, 0.2) is 158 Å². The zero-order chi connectivity index (χ0) is 44.3. The maximum atomic E-state index is 7.23. The minimum absolute atomic E-state index is 0. The molecule has 5 nitrogen and oxygen atoms in total. The van der Waals surface area contributed by atoms with Crippen LogP contribution in [-0.4, -0.2) is 9.55 Å². The van der Waals surface area contributed by atoms with Gasteiger partial charge in [0.2, 0.25) is 0 Å². The van der Waals surface area contributed by atoms with Gasteiger partial charge in [0.05, 0.1) is 0 Å². The number of benzene rings is 6. The van der Waals surface area contributed by atoms with Crippen molar-refractivity contribution >= 4 is 33.2 Å². The van der Waals surface area contributed by atoms with Crippen LogP contribution in [0.3, 0.4) is 0 Å². The molecule has 0 fully saturated rings. The number of fused-ring (bicyclic) bond motifs is 3. The molecule has 6 heteroatoms. The van der Waals surface area contributed by atoms with Crippen molar-refractivity contribution in [1.29, 1.82) is 0 Å². The Morgan fingerprint density at radius 2 is 1.19 bits per heavy atom. The van der Waals surface area contributed by atoms with Crippen LogP contribution in [0.25, 0.3) is 27.6 Å². The molecule has 0 radical (unpaired) electrons. The monoisotopic (exact) mass is 1020 g/mol. The van der Waals surface area contributed by atoms with Crippen LogP contribution in [0.4, 0.5) is 11.4 Å². The molecule has 1 aliphatic heterocycles. The van der Waals surface area contributed by atoms with E-state index in [0.717, 1.165) is 44.6 Å². The SMILES string of the molecule is CC(C)(C)c1cccc(N2C=CN(c3[c-]c(Oc4[c-]c5c(c(C(C)(C)C)c4)c4ccccc4n5-c4cc(C(C)(C)c5ccccc5)ccn4)c(C(C)(C)c4ccccc4)cc3)[CH-]2)c1.[Pt]. The second-order valence-electron chi connectivity index (χ2n) is 20.0. The number of rotatable bonds is 9. The van der Waals surface area contributed by atoms with Crippen LogP contribution in [-0.2, 0) is 42.7 Å². The van der Waals surface area contributed by atoms with Crippen LogP contribution in [0.5, 0.6) is 11.5 Å². The molecule has 0 bridgehead atoms. The van der Waals surface area contributed by atoms with Gasteiger partial charge in [-0.1, -0.05) is 171 Å². The van der Waals surface area contributed by atoms with Crippen LogP contribution in [0.1, 0.15) is 103 Å². The molecule has 3 heterocycles. The number of anilines is 2. The average Bonchev–Trinajstić information content (AvgIpc) is 3.90. The standard InChI is InChI=1S/C58H57N4O.Pt/c1-55(2,3)42-24-19-25-44(34-42)60-32-33-61(39-60)45-28-29-48(58(9,10)41-22-15-12-16-23-41)52(36-45)63-46-37-49(56(4,5)6)54-47-26-17-18-27-50(47)62(51(54)38-46)53-35-43(30-31-59-53)57(7,8)40-20-13-11-14-21-40;/h11-35,37,39H,1-10H3;/q-3;. The molecule has 9 rings (SSSR count). The van der Waals surface area contributed by atoms with Crippen molar-refractivity contribution in [2.75, 3.05) is 9.80 Å². The molecular formula is C58H57N4OPt-3. The third-order valence-electron chi connectivity index (χ3n) is 12.9. The molecule has 0 amide bonds. The summed E-state index contributed by atoms with van der Waals surface area (Å²) in [5, 5.41) is 2.30. The predicted molar refractivity (Wildman–Crippen MR) is 262 cm³/mol. The van der Waals surface area contributed by atoms with Crippen LogP contribution >= 0.6 is 0 Å². The minimum Gasteiger partial charge on any atom is -0.509 e. The molecule has 0 saturated carbocycles. The van der Waals surface area contributed by atoms with Crippen molar-refractivity contribution in [2.45, 2.75) is 90.9 Å². The van der Waals surface area contributed by atoms with Crippen LogP contribution in [0, 0.1) is 18.8 Å². The Labute approximate surface area is 394 Å². The number of pyridine rings is 1. The predicted octanol–water partition coefficient (Wildman–Crippen LogP) is 14.7. The first-order valence-electron chi connectivity index (χ1n) is 22.0. The summed E-state index contributed by atoms with van der Waals surface area (Å²) < 4.78 is 9.49. The molecule has 64 heavy (non-hydrogen) atoms. The van der Waals surface area contributed by atoms with Gasteiger partial charge in [0.15, 0.2) is 0 Å². The third-order valence-corrected chi connectivity index (χ3v) is 12.9. The van der Waals surface area contributed by atoms with Gasteiger partial charge in [0.25, 0.3) is 0 Å². The van der Waals surface area contributed by atoms with E-state index in [4.69, 9.17) is 9.72 Å². The molecule has 8 aromatic rings. The average molecular weight is 1020 g/mol. The number of nitrogens with zero attached hydrogens (tertiary/aromatic N) is 4. The summed E-state index contributed by atoms with van der Waals surface area (Å²) >= 11 is 0. The topological polar surface area (TPSA) is 33.5 Å². The van der Waals surface area contributed by atoms with E-state index in [2.05, 4.69) is 254 Å². The Bertz CT molecular complexity index is 2990. The fraction of sp³-hybridized carbons (Fsp3) is 0.241. The van der Waals surface area contributed by atoms with Crippen molar-refractivity contribution in [2.24, 2.45) is 0 Å². The number of hydrogen-bond acceptors (Lipinski definition) is 4. The van der Waals surface area contributed by atoms with E-state index in [-0.39, 0.29) is 37.3 Å². The van der Waals surface area contributed by atoms with E-state index >= 15 is 0 Å². The number of aromatic nitrogens is 2. The van der Waals surface area contributed by atoms with Crippen LogP contribution in [0.2, 0.25) is 0 Å². The smallest absolute Gasteiger partial charge is 0.135 e. The summed E-state index contributed by atoms with van der Waals surface area (Å²) in [5.74, 6) is 2.11. The second kappa shape index (κ2) is 16.9. The molecule has 1 aliphatic rings. The van der Waals surface area contributed by atoms with E-state index in [1.807, 2.05) is 6.20 Å². The van der Waals surface area contributed by atoms with E-state index in [0.29, 0.717) is 11.5 Å². The first-order chi connectivity index (χ1) is 30.0. The summed E-state index contributed by atoms with van der Waals surface area (Å²) in [6, 6.07) is 57.2. The van der Waals surface area contributed by atoms with Crippen LogP contribution < -0.4 is 14.5 Å². The molecule has 0 spiro atoms. The third kappa shape index (κ3) is 8.32. The molecule has 0 unspecified atom stereocenters. The Morgan fingerprint density at radius 3 is 1.88 bits per heavy atom. The van der Waals surface area contributed by atoms with Crippen molar-refractivity contribution < 1.29 is 25.8 Å². The first-order valence-corrected chi connectivity index (χ1v) is 22.0. The molecule has 0 atom stereocenters. The molecule has 6 aromatic carbocycles. The summed E-state index contributed by atoms with van der Waals surface area (Å²) in [7, 11) is 0. The molecule has 0 N–H and O–H groups in total. The number of hydrogen-bond donors (Lipinski definition) is 0. The summed E-state index contributed by atoms with van der Waals surface area (Å²) in [6.07, 6.45) is 6.11. The fourth-order valence-corrected chi connectivity index (χ4v) is 8.91. The Hall–Kier alpha value is -5.90. The van der Waals surface area contributed by atoms with E-state index < -0.39 is 5.41 Å². The fourth-order valence-electron chi connectivity index (χ4n) is 8.91. The number of ether oxygens (including phenoxy) is 1. The zero-order valence-electron chi connectivity index (χ0n) is 38.6. The van der Waals surface area contributed by atoms with E-state index in [9.17, 15) is 0 Å². The molecule has 0 aliphatic carbocycles. The normalized spacial score (nSPS) is 13.5. The Balaban J connectivity index is 0.00000560. The number of para-hydroxylation sites is 1. The minimum atomic E-state index is -0.405. The van der Waals surface area contributed by atoms with Crippen molar-refractivity contribution in [3.63, 3.8) is 0 Å². The second-order valence-corrected chi connectivity index (χ2v) is 20.0. The van der Waals surface area contributed by atoms with Gasteiger partial charge in [-0.25, -0.2) is 4.98 Å². The first kappa shape index (κ1) is 44.7. The van der Waals surface area contributed by atoms with Gasteiger partial charge in [0, 0.05) is 55.4 Å². The summed E-state index contributed by atoms with van der Waals surface area (Å²) in [4.78, 5) is 9.32. The Morgan fingerprint density at radius 1 is 0.547 bits per heavy atom.